The van der Waals surface area contributed by atoms with E-state index in [4.69, 9.17) is 4.74 Å². The van der Waals surface area contributed by atoms with Crippen LogP contribution < -0.4 is 5.01 Å². The maximum atomic E-state index is 12.6. The molecule has 0 N–H and O–H groups in total. The molecule has 1 heterocycles. The van der Waals surface area contributed by atoms with Crippen molar-refractivity contribution < 1.29 is 9.53 Å². The molecule has 2 aromatic carbocycles. The summed E-state index contributed by atoms with van der Waals surface area (Å²) in [6.45, 7) is 6.43. The molecule has 132 valence electrons. The smallest absolute Gasteiger partial charge is 0.280 e. The number of azo groups is 1. The number of rotatable bonds is 7. The van der Waals surface area contributed by atoms with Crippen LogP contribution in [0.25, 0.3) is 0 Å². The van der Waals surface area contributed by atoms with Crippen LogP contribution in [0.3, 0.4) is 0 Å². The van der Waals surface area contributed by atoms with Gasteiger partial charge in [-0.25, -0.2) is 0 Å². The number of para-hydroxylation sites is 1. The predicted molar refractivity (Wildman–Crippen MR) is 102 cm³/mol. The third kappa shape index (κ3) is 4.10. The van der Waals surface area contributed by atoms with E-state index in [-0.39, 0.29) is 5.91 Å². The Bertz CT molecular complexity index is 829. The molecule has 0 aliphatic carbocycles. The summed E-state index contributed by atoms with van der Waals surface area (Å²) in [6, 6.07) is 16.1. The van der Waals surface area contributed by atoms with E-state index in [1.807, 2.05) is 54.6 Å². The largest absolute Gasteiger partial charge is 0.373 e. The molecule has 0 saturated heterocycles. The van der Waals surface area contributed by atoms with Crippen molar-refractivity contribution in [2.24, 2.45) is 15.3 Å². The highest BCUT2D eigenvalue weighted by Gasteiger charge is 2.34. The molecule has 1 aliphatic heterocycles. The first kappa shape index (κ1) is 17.7. The molecule has 3 rings (SSSR count). The maximum absolute atomic E-state index is 12.6. The minimum atomic E-state index is -0.689. The van der Waals surface area contributed by atoms with Gasteiger partial charge in [0.1, 0.15) is 0 Å². The second kappa shape index (κ2) is 8.31. The first-order valence-corrected chi connectivity index (χ1v) is 8.31. The molecule has 26 heavy (non-hydrogen) atoms. The lowest BCUT2D eigenvalue weighted by Gasteiger charge is -2.11. The van der Waals surface area contributed by atoms with Gasteiger partial charge < -0.3 is 4.74 Å². The van der Waals surface area contributed by atoms with E-state index in [1.165, 1.54) is 5.01 Å². The van der Waals surface area contributed by atoms with Crippen LogP contribution in [-0.4, -0.2) is 24.3 Å². The first-order valence-electron chi connectivity index (χ1n) is 8.31. The Morgan fingerprint density at radius 1 is 1.19 bits per heavy atom. The molecule has 0 fully saturated rings. The quantitative estimate of drug-likeness (QED) is 0.426. The van der Waals surface area contributed by atoms with Gasteiger partial charge in [-0.3, -0.25) is 4.79 Å². The highest BCUT2D eigenvalue weighted by molar-refractivity contribution is 6.18. The summed E-state index contributed by atoms with van der Waals surface area (Å²) in [7, 11) is 0. The summed E-state index contributed by atoms with van der Waals surface area (Å²) in [5, 5.41) is 14.1. The Balaban J connectivity index is 1.66. The Labute approximate surface area is 152 Å². The van der Waals surface area contributed by atoms with Gasteiger partial charge in [0.2, 0.25) is 0 Å². The van der Waals surface area contributed by atoms with Crippen molar-refractivity contribution in [3.05, 3.63) is 72.8 Å². The number of ether oxygens (including phenoxy) is 1. The molecule has 1 unspecified atom stereocenters. The highest BCUT2D eigenvalue weighted by atomic mass is 16.5. The van der Waals surface area contributed by atoms with Crippen LogP contribution in [0.15, 0.2) is 82.6 Å². The van der Waals surface area contributed by atoms with Crippen LogP contribution in [-0.2, 0) is 16.1 Å². The molecule has 2 aromatic rings. The van der Waals surface area contributed by atoms with Gasteiger partial charge in [0.25, 0.3) is 5.91 Å². The maximum Gasteiger partial charge on any atom is 0.280 e. The zero-order valence-electron chi connectivity index (χ0n) is 14.6. The van der Waals surface area contributed by atoms with E-state index in [1.54, 1.807) is 13.0 Å². The number of benzene rings is 2. The van der Waals surface area contributed by atoms with Crippen molar-refractivity contribution in [3.8, 4) is 0 Å². The minimum Gasteiger partial charge on any atom is -0.373 e. The Hall–Kier alpha value is -3.12. The zero-order valence-corrected chi connectivity index (χ0v) is 14.6. The number of amides is 1. The topological polar surface area (TPSA) is 66.6 Å². The van der Waals surface area contributed by atoms with Gasteiger partial charge in [0.05, 0.1) is 30.3 Å². The zero-order chi connectivity index (χ0) is 18.4. The van der Waals surface area contributed by atoms with Gasteiger partial charge in [0, 0.05) is 0 Å². The monoisotopic (exact) mass is 348 g/mol. The lowest BCUT2D eigenvalue weighted by Crippen LogP contribution is -2.29. The van der Waals surface area contributed by atoms with Crippen molar-refractivity contribution in [3.63, 3.8) is 0 Å². The van der Waals surface area contributed by atoms with E-state index in [2.05, 4.69) is 21.9 Å². The number of hydrogen-bond donors (Lipinski definition) is 0. The first-order chi connectivity index (χ1) is 12.7. The number of carbonyl (C=O) groups is 1. The fourth-order valence-electron chi connectivity index (χ4n) is 2.49. The normalized spacial score (nSPS) is 17.0. The Kier molecular flexibility index (Phi) is 5.66. The molecule has 1 amide bonds. The van der Waals surface area contributed by atoms with E-state index in [0.717, 1.165) is 11.3 Å². The summed E-state index contributed by atoms with van der Waals surface area (Å²) in [5.41, 5.74) is 3.06. The van der Waals surface area contributed by atoms with Crippen LogP contribution in [0.5, 0.6) is 0 Å². The summed E-state index contributed by atoms with van der Waals surface area (Å²) in [5.74, 6) is -0.202. The average molecular weight is 348 g/mol. The molecule has 0 spiro atoms. The molecular weight excluding hydrogens is 328 g/mol. The van der Waals surface area contributed by atoms with Crippen LogP contribution >= 0.6 is 0 Å². The lowest BCUT2D eigenvalue weighted by molar-refractivity contribution is -0.117. The van der Waals surface area contributed by atoms with Crippen molar-refractivity contribution in [2.75, 3.05) is 11.6 Å². The van der Waals surface area contributed by atoms with Crippen LogP contribution in [0.4, 0.5) is 11.4 Å². The van der Waals surface area contributed by atoms with Gasteiger partial charge >= 0.3 is 0 Å². The van der Waals surface area contributed by atoms with Crippen molar-refractivity contribution in [1.29, 1.82) is 0 Å². The number of hydrogen-bond acceptors (Lipinski definition) is 5. The molecule has 0 aromatic heterocycles. The van der Waals surface area contributed by atoms with Crippen molar-refractivity contribution in [2.45, 2.75) is 19.6 Å². The summed E-state index contributed by atoms with van der Waals surface area (Å²) in [4.78, 5) is 12.6. The van der Waals surface area contributed by atoms with Crippen LogP contribution in [0, 0.1) is 0 Å². The third-order valence-corrected chi connectivity index (χ3v) is 3.83. The number of hydrazone groups is 1. The van der Waals surface area contributed by atoms with E-state index in [9.17, 15) is 4.79 Å². The Morgan fingerprint density at radius 2 is 1.92 bits per heavy atom. The SMILES string of the molecule is C=CCOCc1ccc(N=NC2C(=O)N(c3ccccc3)N=C2C)cc1. The van der Waals surface area contributed by atoms with Gasteiger partial charge in [-0.2, -0.15) is 20.3 Å². The molecule has 6 nitrogen and oxygen atoms in total. The molecule has 6 heteroatoms. The van der Waals surface area contributed by atoms with E-state index in [0.29, 0.717) is 24.6 Å². The molecule has 1 aliphatic rings. The second-order valence-electron chi connectivity index (χ2n) is 5.82. The van der Waals surface area contributed by atoms with E-state index >= 15 is 0 Å². The summed E-state index contributed by atoms with van der Waals surface area (Å²) < 4.78 is 5.39. The van der Waals surface area contributed by atoms with Gasteiger partial charge in [-0.15, -0.1) is 6.58 Å². The van der Waals surface area contributed by atoms with Gasteiger partial charge in [-0.05, 0) is 36.8 Å². The highest BCUT2D eigenvalue weighted by Crippen LogP contribution is 2.23. The number of carbonyl (C=O) groups excluding carboxylic acids is 1. The average Bonchev–Trinajstić information content (AvgIpc) is 2.96. The molecule has 1 atom stereocenters. The minimum absolute atomic E-state index is 0.202. The summed E-state index contributed by atoms with van der Waals surface area (Å²) in [6.07, 6.45) is 1.71. The van der Waals surface area contributed by atoms with Gasteiger partial charge in [-0.1, -0.05) is 36.4 Å². The second-order valence-corrected chi connectivity index (χ2v) is 5.82. The van der Waals surface area contributed by atoms with Crippen molar-refractivity contribution >= 4 is 23.0 Å². The molecule has 0 saturated carbocycles. The molecule has 0 bridgehead atoms. The van der Waals surface area contributed by atoms with E-state index < -0.39 is 6.04 Å². The number of nitrogens with zero attached hydrogens (tertiary/aromatic N) is 4. The molecule has 0 radical (unpaired) electrons. The number of anilines is 1. The fourth-order valence-corrected chi connectivity index (χ4v) is 2.49. The fraction of sp³-hybridized carbons (Fsp3) is 0.200. The Morgan fingerprint density at radius 3 is 2.62 bits per heavy atom. The predicted octanol–water partition coefficient (Wildman–Crippen LogP) is 4.26. The third-order valence-electron chi connectivity index (χ3n) is 3.83. The van der Waals surface area contributed by atoms with Gasteiger partial charge in [0.15, 0.2) is 6.04 Å². The standard InChI is InChI=1S/C20H20N4O2/c1-3-13-26-14-16-9-11-17(12-10-16)21-22-19-15(2)23-24(20(19)25)18-7-5-4-6-8-18/h3-12,19H,1,13-14H2,2H3. The lowest BCUT2D eigenvalue weighted by atomic mass is 10.2. The summed E-state index contributed by atoms with van der Waals surface area (Å²) >= 11 is 0. The van der Waals surface area contributed by atoms with Crippen LogP contribution in [0.2, 0.25) is 0 Å². The molecular formula is C20H20N4O2. The van der Waals surface area contributed by atoms with Crippen molar-refractivity contribution in [1.82, 2.24) is 0 Å². The van der Waals surface area contributed by atoms with Crippen LogP contribution in [0.1, 0.15) is 12.5 Å².